The van der Waals surface area contributed by atoms with Crippen LogP contribution in [-0.2, 0) is 4.79 Å². The van der Waals surface area contributed by atoms with Crippen molar-refractivity contribution in [2.24, 2.45) is 5.73 Å². The van der Waals surface area contributed by atoms with E-state index in [2.05, 4.69) is 5.32 Å². The SMILES string of the molecule is C[C@H](NC(=O)C1(N)CCCC1)c1cccc(Cl)c1. The Kier molecular flexibility index (Phi) is 3.93. The minimum atomic E-state index is -0.674. The first-order valence-corrected chi connectivity index (χ1v) is 6.74. The van der Waals surface area contributed by atoms with Gasteiger partial charge in [-0.15, -0.1) is 0 Å². The van der Waals surface area contributed by atoms with E-state index in [0.717, 1.165) is 31.2 Å². The highest BCUT2D eigenvalue weighted by Gasteiger charge is 2.37. The maximum atomic E-state index is 12.2. The van der Waals surface area contributed by atoms with Gasteiger partial charge in [0.2, 0.25) is 5.91 Å². The summed E-state index contributed by atoms with van der Waals surface area (Å²) in [5.41, 5.74) is 6.44. The summed E-state index contributed by atoms with van der Waals surface area (Å²) in [6.45, 7) is 1.95. The van der Waals surface area contributed by atoms with Crippen molar-refractivity contribution in [2.75, 3.05) is 0 Å². The summed E-state index contributed by atoms with van der Waals surface area (Å²) in [6.07, 6.45) is 3.63. The first kappa shape index (κ1) is 13.4. The van der Waals surface area contributed by atoms with Crippen LogP contribution < -0.4 is 11.1 Å². The molecule has 0 aromatic heterocycles. The number of halogens is 1. The summed E-state index contributed by atoms with van der Waals surface area (Å²) in [7, 11) is 0. The molecule has 4 heteroatoms. The molecule has 0 heterocycles. The van der Waals surface area contributed by atoms with Crippen LogP contribution >= 0.6 is 11.6 Å². The van der Waals surface area contributed by atoms with E-state index in [1.165, 1.54) is 0 Å². The molecule has 1 saturated carbocycles. The fourth-order valence-electron chi connectivity index (χ4n) is 2.43. The van der Waals surface area contributed by atoms with Crippen molar-refractivity contribution >= 4 is 17.5 Å². The van der Waals surface area contributed by atoms with E-state index in [1.54, 1.807) is 0 Å². The van der Waals surface area contributed by atoms with E-state index in [4.69, 9.17) is 17.3 Å². The fraction of sp³-hybridized carbons (Fsp3) is 0.500. The molecule has 1 fully saturated rings. The third-order valence-electron chi connectivity index (χ3n) is 3.64. The molecule has 0 unspecified atom stereocenters. The average molecular weight is 267 g/mol. The molecule has 1 amide bonds. The molecule has 3 nitrogen and oxygen atoms in total. The maximum Gasteiger partial charge on any atom is 0.240 e. The highest BCUT2D eigenvalue weighted by atomic mass is 35.5. The molecule has 0 spiro atoms. The van der Waals surface area contributed by atoms with Crippen molar-refractivity contribution in [3.05, 3.63) is 34.9 Å². The molecule has 2 rings (SSSR count). The Morgan fingerprint density at radius 1 is 1.44 bits per heavy atom. The predicted molar refractivity (Wildman–Crippen MR) is 73.4 cm³/mol. The minimum absolute atomic E-state index is 0.0486. The summed E-state index contributed by atoms with van der Waals surface area (Å²) in [4.78, 5) is 12.2. The first-order valence-electron chi connectivity index (χ1n) is 6.36. The lowest BCUT2D eigenvalue weighted by Crippen LogP contribution is -2.52. The van der Waals surface area contributed by atoms with Gasteiger partial charge in [0.15, 0.2) is 0 Å². The Hall–Kier alpha value is -1.06. The molecule has 0 saturated heterocycles. The van der Waals surface area contributed by atoms with Crippen LogP contribution in [0.15, 0.2) is 24.3 Å². The number of rotatable bonds is 3. The highest BCUT2D eigenvalue weighted by Crippen LogP contribution is 2.28. The van der Waals surface area contributed by atoms with Crippen molar-refractivity contribution in [1.82, 2.24) is 5.32 Å². The van der Waals surface area contributed by atoms with Crippen LogP contribution in [0, 0.1) is 0 Å². The molecule has 98 valence electrons. The molecular formula is C14H19ClN2O. The molecule has 18 heavy (non-hydrogen) atoms. The lowest BCUT2D eigenvalue weighted by atomic mass is 9.97. The van der Waals surface area contributed by atoms with E-state index in [-0.39, 0.29) is 11.9 Å². The molecule has 3 N–H and O–H groups in total. The zero-order valence-corrected chi connectivity index (χ0v) is 11.3. The molecule has 1 atom stereocenters. The van der Waals surface area contributed by atoms with Crippen LogP contribution in [0.4, 0.5) is 0 Å². The average Bonchev–Trinajstić information content (AvgIpc) is 2.77. The summed E-state index contributed by atoms with van der Waals surface area (Å²) in [5, 5.41) is 3.66. The smallest absolute Gasteiger partial charge is 0.240 e. The Bertz CT molecular complexity index is 441. The van der Waals surface area contributed by atoms with Gasteiger partial charge in [-0.25, -0.2) is 0 Å². The topological polar surface area (TPSA) is 55.1 Å². The van der Waals surface area contributed by atoms with Gasteiger partial charge in [0.1, 0.15) is 0 Å². The van der Waals surface area contributed by atoms with Gasteiger partial charge in [-0.2, -0.15) is 0 Å². The minimum Gasteiger partial charge on any atom is -0.348 e. The van der Waals surface area contributed by atoms with Crippen LogP contribution in [0.2, 0.25) is 5.02 Å². The van der Waals surface area contributed by atoms with Gasteiger partial charge < -0.3 is 11.1 Å². The summed E-state index contributed by atoms with van der Waals surface area (Å²) in [6, 6.07) is 7.45. The van der Waals surface area contributed by atoms with Crippen LogP contribution in [0.1, 0.15) is 44.2 Å². The molecule has 0 bridgehead atoms. The summed E-state index contributed by atoms with van der Waals surface area (Å²) < 4.78 is 0. The van der Waals surface area contributed by atoms with Crippen molar-refractivity contribution in [1.29, 1.82) is 0 Å². The highest BCUT2D eigenvalue weighted by molar-refractivity contribution is 6.30. The molecule has 0 aliphatic heterocycles. The van der Waals surface area contributed by atoms with Gasteiger partial charge in [-0.05, 0) is 37.5 Å². The van der Waals surface area contributed by atoms with Gasteiger partial charge in [0.25, 0.3) is 0 Å². The van der Waals surface area contributed by atoms with Crippen LogP contribution in [0.3, 0.4) is 0 Å². The zero-order chi connectivity index (χ0) is 13.2. The summed E-state index contributed by atoms with van der Waals surface area (Å²) >= 11 is 5.94. The van der Waals surface area contributed by atoms with E-state index < -0.39 is 5.54 Å². The number of hydrogen-bond donors (Lipinski definition) is 2. The number of hydrogen-bond acceptors (Lipinski definition) is 2. The van der Waals surface area contributed by atoms with Gasteiger partial charge in [-0.3, -0.25) is 4.79 Å². The standard InChI is InChI=1S/C14H19ClN2O/c1-10(11-5-4-6-12(15)9-11)17-13(18)14(16)7-2-3-8-14/h4-6,9-10H,2-3,7-8,16H2,1H3,(H,17,18)/t10-/m0/s1. The van der Waals surface area contributed by atoms with Crippen molar-refractivity contribution in [3.8, 4) is 0 Å². The Labute approximate surface area is 113 Å². The maximum absolute atomic E-state index is 12.2. The van der Waals surface area contributed by atoms with E-state index in [9.17, 15) is 4.79 Å². The van der Waals surface area contributed by atoms with Crippen LogP contribution in [0.5, 0.6) is 0 Å². The van der Waals surface area contributed by atoms with Crippen LogP contribution in [0.25, 0.3) is 0 Å². The number of nitrogens with one attached hydrogen (secondary N) is 1. The first-order chi connectivity index (χ1) is 8.51. The van der Waals surface area contributed by atoms with Crippen molar-refractivity contribution in [2.45, 2.75) is 44.2 Å². The number of amides is 1. The number of nitrogens with two attached hydrogens (primary N) is 1. The fourth-order valence-corrected chi connectivity index (χ4v) is 2.63. The molecular weight excluding hydrogens is 248 g/mol. The van der Waals surface area contributed by atoms with E-state index in [1.807, 2.05) is 31.2 Å². The third-order valence-corrected chi connectivity index (χ3v) is 3.88. The molecule has 1 aromatic rings. The molecule has 0 radical (unpaired) electrons. The van der Waals surface area contributed by atoms with Gasteiger partial charge in [-0.1, -0.05) is 36.6 Å². The largest absolute Gasteiger partial charge is 0.348 e. The third kappa shape index (κ3) is 2.85. The second kappa shape index (κ2) is 5.29. The molecule has 1 aliphatic carbocycles. The van der Waals surface area contributed by atoms with Gasteiger partial charge in [0, 0.05) is 5.02 Å². The monoisotopic (exact) mass is 266 g/mol. The normalized spacial score (nSPS) is 19.5. The van der Waals surface area contributed by atoms with Gasteiger partial charge >= 0.3 is 0 Å². The Balaban J connectivity index is 2.03. The zero-order valence-electron chi connectivity index (χ0n) is 10.6. The number of carbonyl (C=O) groups is 1. The van der Waals surface area contributed by atoms with Crippen LogP contribution in [-0.4, -0.2) is 11.4 Å². The second-order valence-corrected chi connectivity index (χ2v) is 5.55. The molecule has 1 aliphatic rings. The van der Waals surface area contributed by atoms with Crippen molar-refractivity contribution < 1.29 is 4.79 Å². The summed E-state index contributed by atoms with van der Waals surface area (Å²) in [5.74, 6) is -0.0486. The Morgan fingerprint density at radius 3 is 2.72 bits per heavy atom. The quantitative estimate of drug-likeness (QED) is 0.884. The molecule has 1 aromatic carbocycles. The second-order valence-electron chi connectivity index (χ2n) is 5.11. The lowest BCUT2D eigenvalue weighted by Gasteiger charge is -2.25. The van der Waals surface area contributed by atoms with E-state index in [0.29, 0.717) is 5.02 Å². The van der Waals surface area contributed by atoms with Crippen molar-refractivity contribution in [3.63, 3.8) is 0 Å². The predicted octanol–water partition coefficient (Wildman–Crippen LogP) is 2.79. The van der Waals surface area contributed by atoms with Gasteiger partial charge in [0.05, 0.1) is 11.6 Å². The Morgan fingerprint density at radius 2 is 2.11 bits per heavy atom. The number of carbonyl (C=O) groups excluding carboxylic acids is 1. The lowest BCUT2D eigenvalue weighted by molar-refractivity contribution is -0.126. The van der Waals surface area contributed by atoms with E-state index >= 15 is 0 Å². The number of benzene rings is 1.